The van der Waals surface area contributed by atoms with E-state index < -0.39 is 0 Å². The van der Waals surface area contributed by atoms with Gasteiger partial charge in [-0.25, -0.2) is 15.0 Å². The van der Waals surface area contributed by atoms with Crippen LogP contribution in [-0.4, -0.2) is 57.6 Å². The number of rotatable bonds is 5. The third kappa shape index (κ3) is 4.49. The van der Waals surface area contributed by atoms with Gasteiger partial charge in [0.25, 0.3) is 5.56 Å². The summed E-state index contributed by atoms with van der Waals surface area (Å²) >= 11 is 0. The van der Waals surface area contributed by atoms with Gasteiger partial charge in [0.05, 0.1) is 17.6 Å². The number of hydrogen-bond donors (Lipinski definition) is 1. The Morgan fingerprint density at radius 3 is 2.50 bits per heavy atom. The summed E-state index contributed by atoms with van der Waals surface area (Å²) in [5.41, 5.74) is 2.72. The molecule has 0 saturated carbocycles. The first-order chi connectivity index (χ1) is 14.5. The van der Waals surface area contributed by atoms with Gasteiger partial charge in [-0.3, -0.25) is 4.79 Å². The van der Waals surface area contributed by atoms with Gasteiger partial charge in [0, 0.05) is 56.2 Å². The first kappa shape index (κ1) is 20.0. The monoisotopic (exact) mass is 405 g/mol. The van der Waals surface area contributed by atoms with Gasteiger partial charge < -0.3 is 19.7 Å². The van der Waals surface area contributed by atoms with Crippen molar-refractivity contribution in [3.05, 3.63) is 59.3 Å². The SMILES string of the molecule is CC(C)n1cc(-c2ccnc(Nc3ccc(N4CCN(C)CC4)cn3)n2)ccc1=O. The molecule has 1 N–H and O–H groups in total. The second kappa shape index (κ2) is 8.62. The highest BCUT2D eigenvalue weighted by Gasteiger charge is 2.14. The first-order valence-electron chi connectivity index (χ1n) is 10.2. The van der Waals surface area contributed by atoms with Crippen molar-refractivity contribution < 1.29 is 0 Å². The number of pyridine rings is 2. The maximum absolute atomic E-state index is 12.0. The largest absolute Gasteiger partial charge is 0.368 e. The lowest BCUT2D eigenvalue weighted by atomic mass is 10.2. The molecule has 1 saturated heterocycles. The minimum atomic E-state index is -0.0224. The molecule has 1 aliphatic heterocycles. The maximum Gasteiger partial charge on any atom is 0.250 e. The quantitative estimate of drug-likeness (QED) is 0.699. The van der Waals surface area contributed by atoms with Crippen LogP contribution in [0.2, 0.25) is 0 Å². The Balaban J connectivity index is 1.50. The van der Waals surface area contributed by atoms with Crippen molar-refractivity contribution >= 4 is 17.5 Å². The molecule has 3 aromatic rings. The highest BCUT2D eigenvalue weighted by molar-refractivity contribution is 5.60. The van der Waals surface area contributed by atoms with Gasteiger partial charge >= 0.3 is 0 Å². The predicted octanol–water partition coefficient (Wildman–Crippen LogP) is 2.78. The predicted molar refractivity (Wildman–Crippen MR) is 119 cm³/mol. The van der Waals surface area contributed by atoms with Gasteiger partial charge in [-0.1, -0.05) is 0 Å². The molecule has 0 spiro atoms. The molecule has 1 fully saturated rings. The standard InChI is InChI=1S/C22H27N7O/c1-16(2)29-15-17(4-7-21(29)30)19-8-9-23-22(25-19)26-20-6-5-18(14-24-20)28-12-10-27(3)11-13-28/h4-9,14-16H,10-13H2,1-3H3,(H,23,24,25,26). The van der Waals surface area contributed by atoms with Gasteiger partial charge in [0.15, 0.2) is 0 Å². The zero-order valence-corrected chi connectivity index (χ0v) is 17.6. The minimum Gasteiger partial charge on any atom is -0.368 e. The van der Waals surface area contributed by atoms with Crippen molar-refractivity contribution in [2.75, 3.05) is 43.4 Å². The lowest BCUT2D eigenvalue weighted by Crippen LogP contribution is -2.44. The average molecular weight is 406 g/mol. The molecule has 0 aliphatic carbocycles. The van der Waals surface area contributed by atoms with Crippen LogP contribution in [0, 0.1) is 0 Å². The van der Waals surface area contributed by atoms with E-state index in [0.29, 0.717) is 11.8 Å². The normalized spacial score (nSPS) is 14.9. The van der Waals surface area contributed by atoms with Crippen molar-refractivity contribution in [3.63, 3.8) is 0 Å². The molecular formula is C22H27N7O. The van der Waals surface area contributed by atoms with Crippen molar-refractivity contribution in [1.82, 2.24) is 24.4 Å². The number of nitrogens with one attached hydrogen (secondary N) is 1. The molecule has 0 radical (unpaired) electrons. The van der Waals surface area contributed by atoms with Gasteiger partial charge in [0.2, 0.25) is 5.95 Å². The molecule has 30 heavy (non-hydrogen) atoms. The van der Waals surface area contributed by atoms with Gasteiger partial charge in [-0.2, -0.15) is 0 Å². The van der Waals surface area contributed by atoms with Crippen LogP contribution in [0.1, 0.15) is 19.9 Å². The van der Waals surface area contributed by atoms with Crippen LogP contribution in [-0.2, 0) is 0 Å². The van der Waals surface area contributed by atoms with Gasteiger partial charge in [-0.05, 0) is 45.2 Å². The van der Waals surface area contributed by atoms with Crippen LogP contribution in [0.4, 0.5) is 17.5 Å². The van der Waals surface area contributed by atoms with E-state index in [1.807, 2.05) is 38.4 Å². The molecule has 0 atom stereocenters. The number of anilines is 3. The second-order valence-electron chi connectivity index (χ2n) is 7.84. The summed E-state index contributed by atoms with van der Waals surface area (Å²) in [4.78, 5) is 30.1. The smallest absolute Gasteiger partial charge is 0.250 e. The van der Waals surface area contributed by atoms with Crippen LogP contribution >= 0.6 is 0 Å². The molecule has 8 heteroatoms. The van der Waals surface area contributed by atoms with E-state index in [-0.39, 0.29) is 11.6 Å². The fourth-order valence-corrected chi connectivity index (χ4v) is 3.46. The molecule has 4 heterocycles. The number of aromatic nitrogens is 4. The van der Waals surface area contributed by atoms with E-state index in [1.165, 1.54) is 0 Å². The fourth-order valence-electron chi connectivity index (χ4n) is 3.46. The Kier molecular flexibility index (Phi) is 5.76. The Hall–Kier alpha value is -3.26. The zero-order valence-electron chi connectivity index (χ0n) is 17.6. The number of piperazine rings is 1. The molecule has 8 nitrogen and oxygen atoms in total. The number of hydrogen-bond acceptors (Lipinski definition) is 7. The lowest BCUT2D eigenvalue weighted by Gasteiger charge is -2.33. The molecule has 1 aliphatic rings. The van der Waals surface area contributed by atoms with Crippen molar-refractivity contribution in [3.8, 4) is 11.3 Å². The number of likely N-dealkylation sites (N-methyl/N-ethyl adjacent to an activating group) is 1. The topological polar surface area (TPSA) is 79.2 Å². The highest BCUT2D eigenvalue weighted by atomic mass is 16.1. The van der Waals surface area contributed by atoms with Crippen molar-refractivity contribution in [2.45, 2.75) is 19.9 Å². The summed E-state index contributed by atoms with van der Waals surface area (Å²) in [7, 11) is 2.15. The summed E-state index contributed by atoms with van der Waals surface area (Å²) in [5.74, 6) is 1.16. The van der Waals surface area contributed by atoms with Crippen molar-refractivity contribution in [2.24, 2.45) is 0 Å². The molecule has 3 aromatic heterocycles. The highest BCUT2D eigenvalue weighted by Crippen LogP contribution is 2.21. The molecule has 0 amide bonds. The summed E-state index contributed by atoms with van der Waals surface area (Å²) in [6.07, 6.45) is 5.42. The first-order valence-corrected chi connectivity index (χ1v) is 10.2. The summed E-state index contributed by atoms with van der Waals surface area (Å²) in [6, 6.07) is 9.30. The van der Waals surface area contributed by atoms with Crippen LogP contribution in [0.15, 0.2) is 53.7 Å². The Morgan fingerprint density at radius 2 is 1.80 bits per heavy atom. The van der Waals surface area contributed by atoms with Crippen LogP contribution in [0.3, 0.4) is 0 Å². The van der Waals surface area contributed by atoms with Gasteiger partial charge in [-0.15, -0.1) is 0 Å². The minimum absolute atomic E-state index is 0.0224. The van der Waals surface area contributed by atoms with E-state index in [2.05, 4.69) is 43.2 Å². The lowest BCUT2D eigenvalue weighted by molar-refractivity contribution is 0.313. The third-order valence-electron chi connectivity index (χ3n) is 5.30. The Morgan fingerprint density at radius 1 is 1.00 bits per heavy atom. The zero-order chi connectivity index (χ0) is 21.1. The Bertz CT molecular complexity index is 1050. The van der Waals surface area contributed by atoms with E-state index in [0.717, 1.165) is 43.1 Å². The van der Waals surface area contributed by atoms with E-state index in [1.54, 1.807) is 22.9 Å². The molecule has 0 bridgehead atoms. The van der Waals surface area contributed by atoms with E-state index >= 15 is 0 Å². The molecular weight excluding hydrogens is 378 g/mol. The molecule has 156 valence electrons. The van der Waals surface area contributed by atoms with Crippen LogP contribution < -0.4 is 15.8 Å². The Labute approximate surface area is 176 Å². The maximum atomic E-state index is 12.0. The number of nitrogens with zero attached hydrogens (tertiary/aromatic N) is 6. The second-order valence-corrected chi connectivity index (χ2v) is 7.84. The summed E-state index contributed by atoms with van der Waals surface area (Å²) in [6.45, 7) is 8.10. The van der Waals surface area contributed by atoms with Crippen LogP contribution in [0.25, 0.3) is 11.3 Å². The molecule has 0 aromatic carbocycles. The van der Waals surface area contributed by atoms with Gasteiger partial charge in [0.1, 0.15) is 5.82 Å². The van der Waals surface area contributed by atoms with Crippen LogP contribution in [0.5, 0.6) is 0 Å². The summed E-state index contributed by atoms with van der Waals surface area (Å²) in [5, 5.41) is 3.17. The fraction of sp³-hybridized carbons (Fsp3) is 0.364. The van der Waals surface area contributed by atoms with E-state index in [4.69, 9.17) is 0 Å². The summed E-state index contributed by atoms with van der Waals surface area (Å²) < 4.78 is 1.70. The molecule has 0 unspecified atom stereocenters. The average Bonchev–Trinajstić information content (AvgIpc) is 2.75. The van der Waals surface area contributed by atoms with Crippen molar-refractivity contribution in [1.29, 1.82) is 0 Å². The third-order valence-corrected chi connectivity index (χ3v) is 5.30. The molecule has 4 rings (SSSR count). The van der Waals surface area contributed by atoms with E-state index in [9.17, 15) is 4.79 Å².